The van der Waals surface area contributed by atoms with Crippen molar-refractivity contribution in [3.8, 4) is 0 Å². The molecule has 0 saturated heterocycles. The Labute approximate surface area is 121 Å². The normalized spacial score (nSPS) is 11.5. The van der Waals surface area contributed by atoms with Gasteiger partial charge in [-0.2, -0.15) is 18.2 Å². The van der Waals surface area contributed by atoms with Crippen LogP contribution in [-0.4, -0.2) is 57.5 Å². The summed E-state index contributed by atoms with van der Waals surface area (Å²) in [5.41, 5.74) is -0.989. The molecule has 0 aliphatic rings. The smallest absolute Gasteiger partial charge is 0.383 e. The van der Waals surface area contributed by atoms with Gasteiger partial charge < -0.3 is 19.7 Å². The number of hydrogen-bond acceptors (Lipinski definition) is 6. The molecule has 0 fully saturated rings. The monoisotopic (exact) mass is 308 g/mol. The van der Waals surface area contributed by atoms with Gasteiger partial charge in [0.1, 0.15) is 5.82 Å². The molecule has 1 N–H and O–H groups in total. The SMILES string of the molecule is CNc1nc(N(CCOC)CCOC)cc(C(F)(F)F)n1. The minimum absolute atomic E-state index is 0.0836. The van der Waals surface area contributed by atoms with Crippen molar-refractivity contribution >= 4 is 11.8 Å². The Morgan fingerprint density at radius 1 is 1.14 bits per heavy atom. The van der Waals surface area contributed by atoms with E-state index in [0.29, 0.717) is 26.3 Å². The molecule has 0 aromatic carbocycles. The topological polar surface area (TPSA) is 59.5 Å². The second kappa shape index (κ2) is 7.99. The lowest BCUT2D eigenvalue weighted by molar-refractivity contribution is -0.141. The molecule has 9 heteroatoms. The van der Waals surface area contributed by atoms with Gasteiger partial charge in [-0.25, -0.2) is 4.98 Å². The summed E-state index contributed by atoms with van der Waals surface area (Å²) < 4.78 is 48.5. The summed E-state index contributed by atoms with van der Waals surface area (Å²) in [6.45, 7) is 1.53. The van der Waals surface area contributed by atoms with Crippen LogP contribution in [0.1, 0.15) is 5.69 Å². The highest BCUT2D eigenvalue weighted by atomic mass is 19.4. The molecule has 0 radical (unpaired) electrons. The van der Waals surface area contributed by atoms with Crippen LogP contribution >= 0.6 is 0 Å². The van der Waals surface area contributed by atoms with Crippen molar-refractivity contribution in [2.75, 3.05) is 57.8 Å². The van der Waals surface area contributed by atoms with E-state index in [1.165, 1.54) is 21.3 Å². The van der Waals surface area contributed by atoms with Gasteiger partial charge >= 0.3 is 6.18 Å². The predicted octanol–water partition coefficient (Wildman–Crippen LogP) is 1.64. The molecule has 0 bridgehead atoms. The van der Waals surface area contributed by atoms with Crippen LogP contribution in [0.3, 0.4) is 0 Å². The summed E-state index contributed by atoms with van der Waals surface area (Å²) in [6.07, 6.45) is -4.53. The quantitative estimate of drug-likeness (QED) is 0.788. The zero-order chi connectivity index (χ0) is 15.9. The molecule has 0 unspecified atom stereocenters. The third-order valence-electron chi connectivity index (χ3n) is 2.68. The van der Waals surface area contributed by atoms with Crippen molar-refractivity contribution in [1.82, 2.24) is 9.97 Å². The van der Waals surface area contributed by atoms with Crippen LogP contribution < -0.4 is 10.2 Å². The maximum absolute atomic E-state index is 12.9. The molecule has 0 spiro atoms. The van der Waals surface area contributed by atoms with E-state index < -0.39 is 11.9 Å². The maximum atomic E-state index is 12.9. The minimum Gasteiger partial charge on any atom is -0.383 e. The van der Waals surface area contributed by atoms with Gasteiger partial charge in [-0.3, -0.25) is 0 Å². The van der Waals surface area contributed by atoms with Gasteiger partial charge in [0, 0.05) is 40.4 Å². The van der Waals surface area contributed by atoms with Crippen LogP contribution in [-0.2, 0) is 15.7 Å². The molecule has 1 rings (SSSR count). The lowest BCUT2D eigenvalue weighted by atomic mass is 10.3. The largest absolute Gasteiger partial charge is 0.433 e. The number of aromatic nitrogens is 2. The summed E-state index contributed by atoms with van der Waals surface area (Å²) in [4.78, 5) is 9.15. The molecule has 120 valence electrons. The lowest BCUT2D eigenvalue weighted by Crippen LogP contribution is -2.32. The van der Waals surface area contributed by atoms with E-state index in [1.54, 1.807) is 4.90 Å². The summed E-state index contributed by atoms with van der Waals surface area (Å²) in [5, 5.41) is 2.54. The van der Waals surface area contributed by atoms with E-state index in [0.717, 1.165) is 6.07 Å². The summed E-state index contributed by atoms with van der Waals surface area (Å²) in [6, 6.07) is 0.923. The van der Waals surface area contributed by atoms with Crippen LogP contribution in [0, 0.1) is 0 Å². The van der Waals surface area contributed by atoms with Gasteiger partial charge in [0.2, 0.25) is 5.95 Å². The average Bonchev–Trinajstić information content (AvgIpc) is 2.46. The van der Waals surface area contributed by atoms with Gasteiger partial charge in [0.15, 0.2) is 5.69 Å². The second-order valence-corrected chi connectivity index (χ2v) is 4.16. The molecular weight excluding hydrogens is 289 g/mol. The van der Waals surface area contributed by atoms with Gasteiger partial charge in [-0.15, -0.1) is 0 Å². The third kappa shape index (κ3) is 5.35. The van der Waals surface area contributed by atoms with E-state index in [9.17, 15) is 13.2 Å². The van der Waals surface area contributed by atoms with Crippen LogP contribution in [0.25, 0.3) is 0 Å². The predicted molar refractivity (Wildman–Crippen MR) is 72.5 cm³/mol. The lowest BCUT2D eigenvalue weighted by Gasteiger charge is -2.24. The molecular formula is C12H19F3N4O2. The molecule has 6 nitrogen and oxygen atoms in total. The molecule has 0 atom stereocenters. The zero-order valence-electron chi connectivity index (χ0n) is 12.2. The number of nitrogens with zero attached hydrogens (tertiary/aromatic N) is 3. The first-order valence-corrected chi connectivity index (χ1v) is 6.29. The van der Waals surface area contributed by atoms with Crippen molar-refractivity contribution in [2.45, 2.75) is 6.18 Å². The van der Waals surface area contributed by atoms with Gasteiger partial charge in [0.05, 0.1) is 13.2 Å². The molecule has 0 saturated carbocycles. The van der Waals surface area contributed by atoms with Crippen LogP contribution in [0.2, 0.25) is 0 Å². The van der Waals surface area contributed by atoms with Crippen molar-refractivity contribution in [2.24, 2.45) is 0 Å². The number of alkyl halides is 3. The first-order valence-electron chi connectivity index (χ1n) is 6.29. The van der Waals surface area contributed by atoms with Crippen LogP contribution in [0.15, 0.2) is 6.07 Å². The molecule has 0 amide bonds. The second-order valence-electron chi connectivity index (χ2n) is 4.16. The van der Waals surface area contributed by atoms with Crippen molar-refractivity contribution in [1.29, 1.82) is 0 Å². The fraction of sp³-hybridized carbons (Fsp3) is 0.667. The fourth-order valence-corrected chi connectivity index (χ4v) is 1.60. The number of methoxy groups -OCH3 is 2. The minimum atomic E-state index is -4.53. The van der Waals surface area contributed by atoms with E-state index in [1.807, 2.05) is 0 Å². The maximum Gasteiger partial charge on any atom is 0.433 e. The Hall–Kier alpha value is -1.61. The number of ether oxygens (including phenoxy) is 2. The Bertz CT molecular complexity index is 435. The Balaban J connectivity index is 3.09. The number of nitrogens with one attached hydrogen (secondary N) is 1. The molecule has 1 aromatic heterocycles. The van der Waals surface area contributed by atoms with E-state index in [2.05, 4.69) is 15.3 Å². The Kier molecular flexibility index (Phi) is 6.63. The Morgan fingerprint density at radius 3 is 2.14 bits per heavy atom. The van der Waals surface area contributed by atoms with Crippen molar-refractivity contribution in [3.63, 3.8) is 0 Å². The van der Waals surface area contributed by atoms with Crippen LogP contribution in [0.5, 0.6) is 0 Å². The van der Waals surface area contributed by atoms with Crippen molar-refractivity contribution in [3.05, 3.63) is 11.8 Å². The molecule has 1 aromatic rings. The summed E-state index contributed by atoms with van der Waals surface area (Å²) in [7, 11) is 4.51. The highest BCUT2D eigenvalue weighted by Crippen LogP contribution is 2.30. The average molecular weight is 308 g/mol. The summed E-state index contributed by atoms with van der Waals surface area (Å²) >= 11 is 0. The molecule has 1 heterocycles. The first kappa shape index (κ1) is 17.4. The first-order chi connectivity index (χ1) is 9.92. The highest BCUT2D eigenvalue weighted by molar-refractivity contribution is 5.45. The van der Waals surface area contributed by atoms with E-state index >= 15 is 0 Å². The molecule has 21 heavy (non-hydrogen) atoms. The Morgan fingerprint density at radius 2 is 1.71 bits per heavy atom. The van der Waals surface area contributed by atoms with Crippen LogP contribution in [0.4, 0.5) is 24.9 Å². The zero-order valence-corrected chi connectivity index (χ0v) is 12.2. The van der Waals surface area contributed by atoms with E-state index in [4.69, 9.17) is 9.47 Å². The number of anilines is 2. The summed E-state index contributed by atoms with van der Waals surface area (Å²) in [5.74, 6) is 0.0930. The third-order valence-corrected chi connectivity index (χ3v) is 2.68. The molecule has 0 aliphatic heterocycles. The van der Waals surface area contributed by atoms with E-state index in [-0.39, 0.29) is 11.8 Å². The standard InChI is InChI=1S/C12H19F3N4O2/c1-16-11-17-9(12(13,14)15)8-10(18-11)19(4-6-20-2)5-7-21-3/h8H,4-7H2,1-3H3,(H,16,17,18). The van der Waals surface area contributed by atoms with Gasteiger partial charge in [-0.1, -0.05) is 0 Å². The highest BCUT2D eigenvalue weighted by Gasteiger charge is 2.34. The van der Waals surface area contributed by atoms with Gasteiger partial charge in [0.25, 0.3) is 0 Å². The fourth-order valence-electron chi connectivity index (χ4n) is 1.60. The van der Waals surface area contributed by atoms with Gasteiger partial charge in [-0.05, 0) is 0 Å². The van der Waals surface area contributed by atoms with Crippen molar-refractivity contribution < 1.29 is 22.6 Å². The number of hydrogen-bond donors (Lipinski definition) is 1. The number of halogens is 3. The molecule has 0 aliphatic carbocycles. The number of rotatable bonds is 8.